The van der Waals surface area contributed by atoms with Crippen LogP contribution >= 0.6 is 0 Å². The van der Waals surface area contributed by atoms with Gasteiger partial charge in [-0.2, -0.15) is 0 Å². The van der Waals surface area contributed by atoms with E-state index in [4.69, 9.17) is 4.74 Å². The Morgan fingerprint density at radius 2 is 2.35 bits per heavy atom. The van der Waals surface area contributed by atoms with Crippen LogP contribution in [0, 0.1) is 0 Å². The predicted octanol–water partition coefficient (Wildman–Crippen LogP) is 1.89. The summed E-state index contributed by atoms with van der Waals surface area (Å²) in [4.78, 5) is 20.6. The average Bonchev–Trinajstić information content (AvgIpc) is 2.59. The van der Waals surface area contributed by atoms with Crippen molar-refractivity contribution in [3.8, 4) is 0 Å². The topological polar surface area (TPSA) is 57.7 Å². The van der Waals surface area contributed by atoms with Gasteiger partial charge in [0.25, 0.3) is 0 Å². The minimum Gasteiger partial charge on any atom is -0.379 e. The first kappa shape index (κ1) is 17.7. The van der Waals surface area contributed by atoms with Crippen LogP contribution in [0.5, 0.6) is 0 Å². The van der Waals surface area contributed by atoms with Gasteiger partial charge >= 0.3 is 6.03 Å². The lowest BCUT2D eigenvalue weighted by Gasteiger charge is -2.38. The number of urea groups is 1. The van der Waals surface area contributed by atoms with E-state index in [1.807, 2.05) is 26.1 Å². The average molecular weight is 320 g/mol. The van der Waals surface area contributed by atoms with Crippen molar-refractivity contribution in [2.45, 2.75) is 38.9 Å². The molecular weight excluding hydrogens is 292 g/mol. The van der Waals surface area contributed by atoms with Crippen molar-refractivity contribution in [1.82, 2.24) is 20.1 Å². The monoisotopic (exact) mass is 320 g/mol. The Morgan fingerprint density at radius 3 is 3.00 bits per heavy atom. The number of carbonyl (C=O) groups excluding carboxylic acids is 1. The summed E-state index contributed by atoms with van der Waals surface area (Å²) in [7, 11) is 1.81. The molecule has 0 unspecified atom stereocenters. The summed E-state index contributed by atoms with van der Waals surface area (Å²) < 4.78 is 5.46. The van der Waals surface area contributed by atoms with Gasteiger partial charge in [0.15, 0.2) is 0 Å². The molecule has 1 aliphatic heterocycles. The van der Waals surface area contributed by atoms with Gasteiger partial charge in [0, 0.05) is 44.6 Å². The summed E-state index contributed by atoms with van der Waals surface area (Å²) >= 11 is 0. The number of amides is 2. The van der Waals surface area contributed by atoms with E-state index in [-0.39, 0.29) is 12.1 Å². The maximum atomic E-state index is 12.4. The molecule has 0 radical (unpaired) electrons. The van der Waals surface area contributed by atoms with E-state index in [2.05, 4.69) is 29.0 Å². The van der Waals surface area contributed by atoms with Crippen LogP contribution in [-0.4, -0.2) is 66.2 Å². The number of morpholine rings is 1. The smallest absolute Gasteiger partial charge is 0.317 e. The van der Waals surface area contributed by atoms with E-state index >= 15 is 0 Å². The van der Waals surface area contributed by atoms with Crippen molar-refractivity contribution in [3.63, 3.8) is 0 Å². The molecule has 6 nitrogen and oxygen atoms in total. The molecular formula is C17H28N4O2. The zero-order valence-electron chi connectivity index (χ0n) is 14.5. The summed E-state index contributed by atoms with van der Waals surface area (Å²) in [6.45, 7) is 9.38. The fourth-order valence-corrected chi connectivity index (χ4v) is 2.89. The molecule has 0 aliphatic carbocycles. The number of pyridine rings is 1. The van der Waals surface area contributed by atoms with Gasteiger partial charge in [-0.1, -0.05) is 6.07 Å². The van der Waals surface area contributed by atoms with Crippen LogP contribution in [0.15, 0.2) is 24.5 Å². The highest BCUT2D eigenvalue weighted by atomic mass is 16.5. The van der Waals surface area contributed by atoms with E-state index in [9.17, 15) is 4.79 Å². The highest BCUT2D eigenvalue weighted by Gasteiger charge is 2.24. The summed E-state index contributed by atoms with van der Waals surface area (Å²) in [6, 6.07) is 4.48. The first-order chi connectivity index (χ1) is 11.0. The number of nitrogens with zero attached hydrogens (tertiary/aromatic N) is 3. The second kappa shape index (κ2) is 8.26. The highest BCUT2D eigenvalue weighted by Crippen LogP contribution is 2.17. The van der Waals surface area contributed by atoms with Crippen LogP contribution in [0.25, 0.3) is 0 Å². The number of rotatable bonds is 5. The molecule has 0 bridgehead atoms. The quantitative estimate of drug-likeness (QED) is 0.900. The summed E-state index contributed by atoms with van der Waals surface area (Å²) in [5.41, 5.74) is 1.03. The molecule has 1 fully saturated rings. The minimum atomic E-state index is -0.0610. The molecule has 0 spiro atoms. The lowest BCUT2D eigenvalue weighted by atomic mass is 10.1. The Hall–Kier alpha value is -1.66. The molecule has 6 heteroatoms. The lowest BCUT2D eigenvalue weighted by molar-refractivity contribution is -0.0178. The van der Waals surface area contributed by atoms with Gasteiger partial charge in [0.1, 0.15) is 0 Å². The highest BCUT2D eigenvalue weighted by molar-refractivity contribution is 5.74. The maximum Gasteiger partial charge on any atom is 0.317 e. The van der Waals surface area contributed by atoms with E-state index < -0.39 is 0 Å². The number of nitrogens with one attached hydrogen (secondary N) is 1. The molecule has 2 heterocycles. The lowest BCUT2D eigenvalue weighted by Crippen LogP contribution is -2.53. The number of carbonyl (C=O) groups is 1. The first-order valence-corrected chi connectivity index (χ1v) is 8.24. The van der Waals surface area contributed by atoms with Crippen LogP contribution in [-0.2, 0) is 4.74 Å². The van der Waals surface area contributed by atoms with E-state index in [0.29, 0.717) is 18.6 Å². The molecule has 2 rings (SSSR count). The van der Waals surface area contributed by atoms with Gasteiger partial charge in [0.05, 0.1) is 19.3 Å². The number of ether oxygens (including phenoxy) is 1. The maximum absolute atomic E-state index is 12.4. The van der Waals surface area contributed by atoms with Crippen LogP contribution in [0.2, 0.25) is 0 Å². The van der Waals surface area contributed by atoms with Crippen molar-refractivity contribution in [2.75, 3.05) is 33.4 Å². The van der Waals surface area contributed by atoms with E-state index in [1.54, 1.807) is 17.3 Å². The predicted molar refractivity (Wildman–Crippen MR) is 90.3 cm³/mol. The van der Waals surface area contributed by atoms with E-state index in [1.165, 1.54) is 0 Å². The fraction of sp³-hybridized carbons (Fsp3) is 0.647. The molecule has 1 aliphatic rings. The first-order valence-electron chi connectivity index (χ1n) is 8.24. The van der Waals surface area contributed by atoms with Gasteiger partial charge < -0.3 is 15.0 Å². The van der Waals surface area contributed by atoms with Crippen LogP contribution in [0.4, 0.5) is 4.79 Å². The van der Waals surface area contributed by atoms with Crippen LogP contribution < -0.4 is 5.32 Å². The van der Waals surface area contributed by atoms with Crippen molar-refractivity contribution < 1.29 is 9.53 Å². The SMILES string of the molecule is C[C@H](c1cccnc1)N(C)C(=O)NC[C@@H](C)N1CCOC[C@H]1C. The summed E-state index contributed by atoms with van der Waals surface area (Å²) in [5.74, 6) is 0. The zero-order chi connectivity index (χ0) is 16.8. The van der Waals surface area contributed by atoms with Gasteiger partial charge in [-0.15, -0.1) is 0 Å². The molecule has 23 heavy (non-hydrogen) atoms. The fourth-order valence-electron chi connectivity index (χ4n) is 2.89. The minimum absolute atomic E-state index is 0.0127. The van der Waals surface area contributed by atoms with Gasteiger partial charge in [-0.05, 0) is 32.4 Å². The number of hydrogen-bond acceptors (Lipinski definition) is 4. The Labute approximate surface area is 138 Å². The molecule has 1 aromatic heterocycles. The Bertz CT molecular complexity index is 497. The van der Waals surface area contributed by atoms with Crippen molar-refractivity contribution in [3.05, 3.63) is 30.1 Å². The number of aromatic nitrogens is 1. The van der Waals surface area contributed by atoms with Crippen LogP contribution in [0.1, 0.15) is 32.4 Å². The van der Waals surface area contributed by atoms with Crippen molar-refractivity contribution in [2.24, 2.45) is 0 Å². The Morgan fingerprint density at radius 1 is 1.57 bits per heavy atom. The molecule has 1 aromatic rings. The Balaban J connectivity index is 1.84. The second-order valence-corrected chi connectivity index (χ2v) is 6.27. The zero-order valence-corrected chi connectivity index (χ0v) is 14.5. The second-order valence-electron chi connectivity index (χ2n) is 6.27. The van der Waals surface area contributed by atoms with Crippen LogP contribution in [0.3, 0.4) is 0 Å². The normalized spacial score (nSPS) is 21.5. The molecule has 1 saturated heterocycles. The summed E-state index contributed by atoms with van der Waals surface area (Å²) in [6.07, 6.45) is 3.54. The summed E-state index contributed by atoms with van der Waals surface area (Å²) in [5, 5.41) is 3.03. The van der Waals surface area contributed by atoms with Gasteiger partial charge in [-0.25, -0.2) is 4.79 Å². The molecule has 3 atom stereocenters. The largest absolute Gasteiger partial charge is 0.379 e. The van der Waals surface area contributed by atoms with Crippen molar-refractivity contribution in [1.29, 1.82) is 0 Å². The third kappa shape index (κ3) is 4.65. The third-order valence-corrected chi connectivity index (χ3v) is 4.60. The van der Waals surface area contributed by atoms with Gasteiger partial charge in [-0.3, -0.25) is 9.88 Å². The Kier molecular flexibility index (Phi) is 6.36. The molecule has 2 amide bonds. The van der Waals surface area contributed by atoms with E-state index in [0.717, 1.165) is 25.3 Å². The molecule has 1 N–H and O–H groups in total. The van der Waals surface area contributed by atoms with Gasteiger partial charge in [0.2, 0.25) is 0 Å². The number of hydrogen-bond donors (Lipinski definition) is 1. The van der Waals surface area contributed by atoms with Crippen molar-refractivity contribution >= 4 is 6.03 Å². The molecule has 128 valence electrons. The molecule has 0 aromatic carbocycles. The molecule has 0 saturated carbocycles. The third-order valence-electron chi connectivity index (χ3n) is 4.60. The standard InChI is InChI=1S/C17H28N4O2/c1-13(21-8-9-23-12-14(21)2)10-19-17(22)20(4)15(3)16-6-5-7-18-11-16/h5-7,11,13-15H,8-10,12H2,1-4H3,(H,19,22)/t13-,14-,15-/m1/s1.